The molecule has 0 heterocycles. The molecule has 2 N–H and O–H groups in total. The van der Waals surface area contributed by atoms with Gasteiger partial charge in [0.1, 0.15) is 17.3 Å². The molecule has 0 saturated carbocycles. The van der Waals surface area contributed by atoms with Crippen LogP contribution in [0.2, 0.25) is 0 Å². The molecule has 0 saturated heterocycles. The van der Waals surface area contributed by atoms with E-state index in [2.05, 4.69) is 5.32 Å². The molecule has 8 nitrogen and oxygen atoms in total. The summed E-state index contributed by atoms with van der Waals surface area (Å²) in [6.07, 6.45) is 0.208. The zero-order valence-electron chi connectivity index (χ0n) is 16.0. The maximum atomic E-state index is 12.1. The van der Waals surface area contributed by atoms with Gasteiger partial charge >= 0.3 is 5.97 Å². The van der Waals surface area contributed by atoms with Crippen molar-refractivity contribution in [3.63, 3.8) is 0 Å². The first kappa shape index (κ1) is 22.2. The van der Waals surface area contributed by atoms with E-state index < -0.39 is 27.5 Å². The van der Waals surface area contributed by atoms with E-state index in [9.17, 15) is 18.0 Å². The molecule has 0 aliphatic heterocycles. The standard InChI is InChI=1S/C20H23NO7S/c1-2-27-17-10-6-16(7-11-17)21-19(22)14-29(25,26)13-3-12-28-18-8-4-15(5-9-18)20(23)24/h4-11H,2-3,12-14H2,1H3,(H,21,22)(H,23,24). The maximum absolute atomic E-state index is 12.1. The number of amides is 1. The smallest absolute Gasteiger partial charge is 0.335 e. The van der Waals surface area contributed by atoms with Crippen LogP contribution in [-0.2, 0) is 14.6 Å². The van der Waals surface area contributed by atoms with E-state index in [1.165, 1.54) is 24.3 Å². The van der Waals surface area contributed by atoms with Gasteiger partial charge in [0.05, 0.1) is 24.5 Å². The van der Waals surface area contributed by atoms with E-state index in [-0.39, 0.29) is 24.3 Å². The van der Waals surface area contributed by atoms with Crippen LogP contribution in [0, 0.1) is 0 Å². The van der Waals surface area contributed by atoms with Gasteiger partial charge < -0.3 is 19.9 Å². The van der Waals surface area contributed by atoms with Gasteiger partial charge in [-0.25, -0.2) is 13.2 Å². The Morgan fingerprint density at radius 1 is 0.966 bits per heavy atom. The van der Waals surface area contributed by atoms with Crippen LogP contribution in [0.25, 0.3) is 0 Å². The van der Waals surface area contributed by atoms with Crippen molar-refractivity contribution in [3.05, 3.63) is 54.1 Å². The Morgan fingerprint density at radius 3 is 2.14 bits per heavy atom. The molecule has 0 aliphatic rings. The fraction of sp³-hybridized carbons (Fsp3) is 0.300. The highest BCUT2D eigenvalue weighted by Crippen LogP contribution is 2.16. The minimum Gasteiger partial charge on any atom is -0.494 e. The predicted octanol–water partition coefficient (Wildman–Crippen LogP) is 2.61. The molecule has 0 spiro atoms. The second kappa shape index (κ2) is 10.5. The molecule has 0 bridgehead atoms. The average molecular weight is 421 g/mol. The van der Waals surface area contributed by atoms with Gasteiger partial charge in [0.25, 0.3) is 0 Å². The summed E-state index contributed by atoms with van der Waals surface area (Å²) in [6.45, 7) is 2.52. The van der Waals surface area contributed by atoms with Gasteiger partial charge in [-0.05, 0) is 61.9 Å². The number of carbonyl (C=O) groups excluding carboxylic acids is 1. The summed E-state index contributed by atoms with van der Waals surface area (Å²) in [5.41, 5.74) is 0.625. The number of carboxylic acids is 1. The van der Waals surface area contributed by atoms with Gasteiger partial charge in [0.2, 0.25) is 5.91 Å². The molecule has 2 aromatic rings. The van der Waals surface area contributed by atoms with E-state index >= 15 is 0 Å². The largest absolute Gasteiger partial charge is 0.494 e. The molecule has 0 atom stereocenters. The van der Waals surface area contributed by atoms with Crippen molar-refractivity contribution in [2.75, 3.05) is 30.0 Å². The molecule has 0 radical (unpaired) electrons. The van der Waals surface area contributed by atoms with Gasteiger partial charge in [-0.1, -0.05) is 0 Å². The first-order chi connectivity index (χ1) is 13.8. The van der Waals surface area contributed by atoms with Crippen molar-refractivity contribution in [2.45, 2.75) is 13.3 Å². The fourth-order valence-corrected chi connectivity index (χ4v) is 3.61. The van der Waals surface area contributed by atoms with E-state index in [4.69, 9.17) is 14.6 Å². The predicted molar refractivity (Wildman–Crippen MR) is 108 cm³/mol. The molecule has 0 aliphatic carbocycles. The Hall–Kier alpha value is -3.07. The molecular formula is C20H23NO7S. The average Bonchev–Trinajstić information content (AvgIpc) is 2.67. The highest BCUT2D eigenvalue weighted by Gasteiger charge is 2.17. The molecule has 1 amide bonds. The van der Waals surface area contributed by atoms with Crippen molar-refractivity contribution in [1.82, 2.24) is 0 Å². The second-order valence-electron chi connectivity index (χ2n) is 6.13. The highest BCUT2D eigenvalue weighted by atomic mass is 32.2. The fourth-order valence-electron chi connectivity index (χ4n) is 2.43. The Morgan fingerprint density at radius 2 is 1.55 bits per heavy atom. The lowest BCUT2D eigenvalue weighted by molar-refractivity contribution is -0.113. The number of benzene rings is 2. The Labute approximate surface area is 169 Å². The number of nitrogens with one attached hydrogen (secondary N) is 1. The lowest BCUT2D eigenvalue weighted by atomic mass is 10.2. The van der Waals surface area contributed by atoms with E-state index in [0.29, 0.717) is 23.8 Å². The minimum absolute atomic E-state index is 0.131. The zero-order chi connectivity index (χ0) is 21.3. The number of carbonyl (C=O) groups is 2. The van der Waals surface area contributed by atoms with Crippen molar-refractivity contribution in [2.24, 2.45) is 0 Å². The van der Waals surface area contributed by atoms with Crippen LogP contribution >= 0.6 is 0 Å². The third kappa shape index (κ3) is 7.82. The summed E-state index contributed by atoms with van der Waals surface area (Å²) < 4.78 is 34.9. The first-order valence-electron chi connectivity index (χ1n) is 8.98. The van der Waals surface area contributed by atoms with Crippen LogP contribution in [0.5, 0.6) is 11.5 Å². The Balaban J connectivity index is 1.74. The number of anilines is 1. The van der Waals surface area contributed by atoms with Crippen LogP contribution in [0.15, 0.2) is 48.5 Å². The topological polar surface area (TPSA) is 119 Å². The van der Waals surface area contributed by atoms with Crippen molar-refractivity contribution in [3.8, 4) is 11.5 Å². The third-order valence-electron chi connectivity index (χ3n) is 3.77. The van der Waals surface area contributed by atoms with Gasteiger partial charge in [-0.2, -0.15) is 0 Å². The summed E-state index contributed by atoms with van der Waals surface area (Å²) in [5.74, 6) is -1.36. The van der Waals surface area contributed by atoms with E-state index in [1.807, 2.05) is 6.92 Å². The molecule has 2 aromatic carbocycles. The van der Waals surface area contributed by atoms with Gasteiger partial charge in [-0.3, -0.25) is 4.79 Å². The molecule has 0 aromatic heterocycles. The summed E-state index contributed by atoms with van der Waals surface area (Å²) >= 11 is 0. The monoisotopic (exact) mass is 421 g/mol. The quantitative estimate of drug-likeness (QED) is 0.535. The first-order valence-corrected chi connectivity index (χ1v) is 10.8. The van der Waals surface area contributed by atoms with Crippen LogP contribution in [-0.4, -0.2) is 50.1 Å². The van der Waals surface area contributed by atoms with Gasteiger partial charge in [-0.15, -0.1) is 0 Å². The van der Waals surface area contributed by atoms with E-state index in [0.717, 1.165) is 0 Å². The molecule has 156 valence electrons. The van der Waals surface area contributed by atoms with Crippen molar-refractivity contribution < 1.29 is 32.6 Å². The molecular weight excluding hydrogens is 398 g/mol. The second-order valence-corrected chi connectivity index (χ2v) is 8.31. The zero-order valence-corrected chi connectivity index (χ0v) is 16.8. The number of hydrogen-bond acceptors (Lipinski definition) is 6. The number of ether oxygens (including phenoxy) is 2. The molecule has 0 unspecified atom stereocenters. The lowest BCUT2D eigenvalue weighted by Crippen LogP contribution is -2.25. The van der Waals surface area contributed by atoms with Crippen LogP contribution in [0.3, 0.4) is 0 Å². The number of aromatic carboxylic acids is 1. The van der Waals surface area contributed by atoms with Gasteiger partial charge in [0.15, 0.2) is 9.84 Å². The van der Waals surface area contributed by atoms with Crippen molar-refractivity contribution in [1.29, 1.82) is 0 Å². The minimum atomic E-state index is -3.58. The van der Waals surface area contributed by atoms with Gasteiger partial charge in [0, 0.05) is 5.69 Å². The molecule has 9 heteroatoms. The van der Waals surface area contributed by atoms with Crippen molar-refractivity contribution >= 4 is 27.4 Å². The number of sulfone groups is 1. The summed E-state index contributed by atoms with van der Waals surface area (Å²) in [7, 11) is -3.58. The molecule has 2 rings (SSSR count). The number of carboxylic acid groups (broad SMARTS) is 1. The van der Waals surface area contributed by atoms with E-state index in [1.54, 1.807) is 24.3 Å². The summed E-state index contributed by atoms with van der Waals surface area (Å²) in [5, 5.41) is 11.4. The normalized spacial score (nSPS) is 10.9. The molecule has 0 fully saturated rings. The van der Waals surface area contributed by atoms with Crippen LogP contribution < -0.4 is 14.8 Å². The summed E-state index contributed by atoms with van der Waals surface area (Å²) in [4.78, 5) is 22.8. The maximum Gasteiger partial charge on any atom is 0.335 e. The Kier molecular flexibility index (Phi) is 8.02. The third-order valence-corrected chi connectivity index (χ3v) is 5.38. The number of hydrogen-bond donors (Lipinski definition) is 2. The number of rotatable bonds is 11. The van der Waals surface area contributed by atoms with Crippen LogP contribution in [0.1, 0.15) is 23.7 Å². The molecule has 29 heavy (non-hydrogen) atoms. The Bertz CT molecular complexity index is 922. The van der Waals surface area contributed by atoms with Crippen LogP contribution in [0.4, 0.5) is 5.69 Å². The highest BCUT2D eigenvalue weighted by molar-refractivity contribution is 7.92. The SMILES string of the molecule is CCOc1ccc(NC(=O)CS(=O)(=O)CCCOc2ccc(C(=O)O)cc2)cc1. The lowest BCUT2D eigenvalue weighted by Gasteiger charge is -2.09. The summed E-state index contributed by atoms with van der Waals surface area (Å²) in [6, 6.07) is 12.5.